The van der Waals surface area contributed by atoms with Gasteiger partial charge in [0, 0.05) is 17.9 Å². The number of rotatable bonds is 8. The SMILES string of the molecule is O=C(O)CCCCCCC(=O)Nc1cc(Cl)ccc1O. The number of amides is 1. The molecule has 3 N–H and O–H groups in total. The van der Waals surface area contributed by atoms with Crippen molar-refractivity contribution < 1.29 is 19.8 Å². The number of aromatic hydroxyl groups is 1. The van der Waals surface area contributed by atoms with E-state index in [0.717, 1.165) is 12.8 Å². The number of halogens is 1. The van der Waals surface area contributed by atoms with Crippen molar-refractivity contribution >= 4 is 29.2 Å². The van der Waals surface area contributed by atoms with E-state index in [1.54, 1.807) is 0 Å². The lowest BCUT2D eigenvalue weighted by molar-refractivity contribution is -0.137. The summed E-state index contributed by atoms with van der Waals surface area (Å²) in [5.74, 6) is -1.01. The summed E-state index contributed by atoms with van der Waals surface area (Å²) in [7, 11) is 0. The molecule has 0 saturated heterocycles. The molecule has 1 amide bonds. The standard InChI is InChI=1S/C14H18ClNO4/c15-10-7-8-12(17)11(9-10)16-13(18)5-3-1-2-4-6-14(19)20/h7-9,17H,1-6H2,(H,16,18)(H,19,20). The Hall–Kier alpha value is -1.75. The fraction of sp³-hybridized carbons (Fsp3) is 0.429. The van der Waals surface area contributed by atoms with Crippen molar-refractivity contribution in [1.82, 2.24) is 0 Å². The van der Waals surface area contributed by atoms with Gasteiger partial charge < -0.3 is 15.5 Å². The zero-order chi connectivity index (χ0) is 15.0. The predicted molar refractivity (Wildman–Crippen MR) is 77.1 cm³/mol. The molecule has 0 heterocycles. The molecule has 0 spiro atoms. The second kappa shape index (κ2) is 8.43. The van der Waals surface area contributed by atoms with Gasteiger partial charge in [0.2, 0.25) is 5.91 Å². The van der Waals surface area contributed by atoms with Gasteiger partial charge in [-0.3, -0.25) is 9.59 Å². The molecular weight excluding hydrogens is 282 g/mol. The number of anilines is 1. The third-order valence-corrected chi connectivity index (χ3v) is 3.01. The lowest BCUT2D eigenvalue weighted by Gasteiger charge is -2.07. The number of unbranched alkanes of at least 4 members (excludes halogenated alkanes) is 3. The minimum Gasteiger partial charge on any atom is -0.506 e. The number of carboxylic acids is 1. The van der Waals surface area contributed by atoms with Gasteiger partial charge in [0.25, 0.3) is 0 Å². The number of carbonyl (C=O) groups is 2. The van der Waals surface area contributed by atoms with E-state index in [1.165, 1.54) is 18.2 Å². The number of carbonyl (C=O) groups excluding carboxylic acids is 1. The number of aliphatic carboxylic acids is 1. The Morgan fingerprint density at radius 1 is 1.10 bits per heavy atom. The van der Waals surface area contributed by atoms with Gasteiger partial charge in [-0.15, -0.1) is 0 Å². The quantitative estimate of drug-likeness (QED) is 0.507. The lowest BCUT2D eigenvalue weighted by atomic mass is 10.1. The topological polar surface area (TPSA) is 86.6 Å². The molecule has 0 bridgehead atoms. The zero-order valence-corrected chi connectivity index (χ0v) is 11.8. The normalized spacial score (nSPS) is 10.2. The van der Waals surface area contributed by atoms with Crippen LogP contribution in [0.1, 0.15) is 38.5 Å². The Labute approximate surface area is 122 Å². The molecule has 0 saturated carbocycles. The van der Waals surface area contributed by atoms with E-state index < -0.39 is 5.97 Å². The maximum absolute atomic E-state index is 11.7. The van der Waals surface area contributed by atoms with Crippen LogP contribution in [0.3, 0.4) is 0 Å². The van der Waals surface area contributed by atoms with E-state index in [9.17, 15) is 14.7 Å². The van der Waals surface area contributed by atoms with Gasteiger partial charge >= 0.3 is 5.97 Å². The Morgan fingerprint density at radius 3 is 2.40 bits per heavy atom. The highest BCUT2D eigenvalue weighted by Crippen LogP contribution is 2.26. The number of benzene rings is 1. The molecule has 1 rings (SSSR count). The fourth-order valence-corrected chi connectivity index (χ4v) is 1.91. The van der Waals surface area contributed by atoms with Gasteiger partial charge in [-0.25, -0.2) is 0 Å². The monoisotopic (exact) mass is 299 g/mol. The molecule has 0 aliphatic heterocycles. The summed E-state index contributed by atoms with van der Waals surface area (Å²) in [5.41, 5.74) is 0.299. The molecule has 1 aromatic carbocycles. The van der Waals surface area contributed by atoms with Crippen molar-refractivity contribution in [3.8, 4) is 5.75 Å². The molecular formula is C14H18ClNO4. The molecule has 5 nitrogen and oxygen atoms in total. The molecule has 0 fully saturated rings. The van der Waals surface area contributed by atoms with Gasteiger partial charge in [-0.2, -0.15) is 0 Å². The Bertz CT molecular complexity index is 476. The Kier molecular flexibility index (Phi) is 6.87. The highest BCUT2D eigenvalue weighted by atomic mass is 35.5. The van der Waals surface area contributed by atoms with Crippen LogP contribution in [0.15, 0.2) is 18.2 Å². The molecule has 110 valence electrons. The van der Waals surface area contributed by atoms with Crippen LogP contribution in [0.25, 0.3) is 0 Å². The van der Waals surface area contributed by atoms with Crippen LogP contribution < -0.4 is 5.32 Å². The average Bonchev–Trinajstić information content (AvgIpc) is 2.37. The summed E-state index contributed by atoms with van der Waals surface area (Å²) in [6.45, 7) is 0. The van der Waals surface area contributed by atoms with E-state index in [4.69, 9.17) is 16.7 Å². The second-order valence-electron chi connectivity index (χ2n) is 4.52. The first-order valence-electron chi connectivity index (χ1n) is 6.49. The van der Waals surface area contributed by atoms with Gasteiger partial charge in [-0.1, -0.05) is 24.4 Å². The fourth-order valence-electron chi connectivity index (χ4n) is 1.74. The van der Waals surface area contributed by atoms with Crippen molar-refractivity contribution in [3.05, 3.63) is 23.2 Å². The van der Waals surface area contributed by atoms with Crippen LogP contribution in [-0.2, 0) is 9.59 Å². The van der Waals surface area contributed by atoms with Crippen LogP contribution in [0.5, 0.6) is 5.75 Å². The summed E-state index contributed by atoms with van der Waals surface area (Å²) in [5, 5.41) is 21.1. The molecule has 0 unspecified atom stereocenters. The van der Waals surface area contributed by atoms with Crippen molar-refractivity contribution in [2.24, 2.45) is 0 Å². The van der Waals surface area contributed by atoms with E-state index in [-0.39, 0.29) is 18.1 Å². The number of phenols is 1. The molecule has 0 aromatic heterocycles. The van der Waals surface area contributed by atoms with Crippen molar-refractivity contribution in [3.63, 3.8) is 0 Å². The minimum absolute atomic E-state index is 0.0239. The molecule has 0 aliphatic rings. The first kappa shape index (κ1) is 16.3. The number of nitrogens with one attached hydrogen (secondary N) is 1. The van der Waals surface area contributed by atoms with Gasteiger partial charge in [0.05, 0.1) is 5.69 Å². The van der Waals surface area contributed by atoms with Crippen molar-refractivity contribution in [2.45, 2.75) is 38.5 Å². The Balaban J connectivity index is 2.23. The lowest BCUT2D eigenvalue weighted by Crippen LogP contribution is -2.11. The van der Waals surface area contributed by atoms with E-state index >= 15 is 0 Å². The van der Waals surface area contributed by atoms with Crippen molar-refractivity contribution in [1.29, 1.82) is 0 Å². The van der Waals surface area contributed by atoms with E-state index in [1.807, 2.05) is 0 Å². The third kappa shape index (κ3) is 6.43. The highest BCUT2D eigenvalue weighted by Gasteiger charge is 2.07. The van der Waals surface area contributed by atoms with Crippen LogP contribution >= 0.6 is 11.6 Å². The molecule has 20 heavy (non-hydrogen) atoms. The average molecular weight is 300 g/mol. The van der Waals surface area contributed by atoms with Crippen LogP contribution in [0.4, 0.5) is 5.69 Å². The maximum Gasteiger partial charge on any atom is 0.303 e. The summed E-state index contributed by atoms with van der Waals surface area (Å²) in [6.07, 6.45) is 3.42. The third-order valence-electron chi connectivity index (χ3n) is 2.78. The summed E-state index contributed by atoms with van der Waals surface area (Å²) < 4.78 is 0. The van der Waals surface area contributed by atoms with Crippen molar-refractivity contribution in [2.75, 3.05) is 5.32 Å². The summed E-state index contributed by atoms with van der Waals surface area (Å²) in [4.78, 5) is 22.0. The minimum atomic E-state index is -0.792. The summed E-state index contributed by atoms with van der Waals surface area (Å²) in [6, 6.07) is 4.44. The second-order valence-corrected chi connectivity index (χ2v) is 4.95. The van der Waals surface area contributed by atoms with E-state index in [0.29, 0.717) is 30.0 Å². The van der Waals surface area contributed by atoms with E-state index in [2.05, 4.69) is 5.32 Å². The first-order chi connectivity index (χ1) is 9.49. The molecule has 0 atom stereocenters. The maximum atomic E-state index is 11.7. The van der Waals surface area contributed by atoms with Crippen LogP contribution in [0, 0.1) is 0 Å². The van der Waals surface area contributed by atoms with Gasteiger partial charge in [0.1, 0.15) is 5.75 Å². The first-order valence-corrected chi connectivity index (χ1v) is 6.87. The smallest absolute Gasteiger partial charge is 0.303 e. The molecule has 0 radical (unpaired) electrons. The van der Waals surface area contributed by atoms with Crippen LogP contribution in [0.2, 0.25) is 5.02 Å². The van der Waals surface area contributed by atoms with Crippen LogP contribution in [-0.4, -0.2) is 22.1 Å². The highest BCUT2D eigenvalue weighted by molar-refractivity contribution is 6.31. The number of hydrogen-bond acceptors (Lipinski definition) is 3. The number of carboxylic acid groups (broad SMARTS) is 1. The number of phenolic OH excluding ortho intramolecular Hbond substituents is 1. The summed E-state index contributed by atoms with van der Waals surface area (Å²) >= 11 is 5.78. The molecule has 0 aliphatic carbocycles. The Morgan fingerprint density at radius 2 is 1.75 bits per heavy atom. The largest absolute Gasteiger partial charge is 0.506 e. The zero-order valence-electron chi connectivity index (χ0n) is 11.1. The predicted octanol–water partition coefficient (Wildman–Crippen LogP) is 3.41. The van der Waals surface area contributed by atoms with Gasteiger partial charge in [-0.05, 0) is 31.0 Å². The van der Waals surface area contributed by atoms with Gasteiger partial charge in [0.15, 0.2) is 0 Å². The molecule has 1 aromatic rings. The number of hydrogen-bond donors (Lipinski definition) is 3. The molecule has 6 heteroatoms.